The lowest BCUT2D eigenvalue weighted by atomic mass is 10.1. The Morgan fingerprint density at radius 1 is 0.727 bits per heavy atom. The van der Waals surface area contributed by atoms with E-state index in [1.54, 1.807) is 27.7 Å². The smallest absolute Gasteiger partial charge is 0.308 e. The van der Waals surface area contributed by atoms with Crippen LogP contribution in [0.4, 0.5) is 0 Å². The van der Waals surface area contributed by atoms with Gasteiger partial charge >= 0.3 is 15.2 Å². The molecule has 0 aromatic heterocycles. The van der Waals surface area contributed by atoms with Gasteiger partial charge in [-0.3, -0.25) is 9.13 Å². The van der Waals surface area contributed by atoms with Crippen LogP contribution in [0.3, 0.4) is 0 Å². The third-order valence-corrected chi connectivity index (χ3v) is 9.33. The van der Waals surface area contributed by atoms with E-state index < -0.39 is 20.6 Å². The quantitative estimate of drug-likeness (QED) is 0.417. The number of hydrogen-bond donors (Lipinski definition) is 0. The van der Waals surface area contributed by atoms with E-state index in [-0.39, 0.29) is 32.3 Å². The van der Waals surface area contributed by atoms with Crippen LogP contribution in [0.25, 0.3) is 0 Å². The maximum Gasteiger partial charge on any atom is 0.345 e. The summed E-state index contributed by atoms with van der Waals surface area (Å²) >= 11 is 0. The van der Waals surface area contributed by atoms with Crippen molar-refractivity contribution in [1.82, 2.24) is 0 Å². The molecule has 0 aromatic rings. The summed E-state index contributed by atoms with van der Waals surface area (Å²) in [4.78, 5) is 0. The third kappa shape index (κ3) is 6.43. The molecular formula is C14H32O6P2. The number of hydrogen-bond acceptors (Lipinski definition) is 6. The van der Waals surface area contributed by atoms with E-state index in [1.807, 2.05) is 13.8 Å². The minimum Gasteiger partial charge on any atom is -0.308 e. The Hall–Kier alpha value is 0.300. The van der Waals surface area contributed by atoms with Gasteiger partial charge in [-0.25, -0.2) is 0 Å². The molecule has 0 aromatic carbocycles. The topological polar surface area (TPSA) is 71.1 Å². The Morgan fingerprint density at radius 2 is 1.05 bits per heavy atom. The molecule has 0 radical (unpaired) electrons. The van der Waals surface area contributed by atoms with Gasteiger partial charge in [-0.05, 0) is 40.0 Å². The van der Waals surface area contributed by atoms with Crippen LogP contribution in [-0.2, 0) is 27.2 Å². The molecule has 0 N–H and O–H groups in total. The Bertz CT molecular complexity index is 338. The van der Waals surface area contributed by atoms with Gasteiger partial charge in [0.1, 0.15) is 0 Å². The van der Waals surface area contributed by atoms with Crippen molar-refractivity contribution in [2.24, 2.45) is 5.92 Å². The monoisotopic (exact) mass is 358 g/mol. The van der Waals surface area contributed by atoms with Crippen LogP contribution in [0, 0.1) is 5.92 Å². The summed E-state index contributed by atoms with van der Waals surface area (Å²) in [5.41, 5.74) is 0. The average Bonchev–Trinajstić information content (AvgIpc) is 2.45. The molecule has 0 aliphatic heterocycles. The summed E-state index contributed by atoms with van der Waals surface area (Å²) in [6.07, 6.45) is 1.28. The molecule has 0 saturated carbocycles. The average molecular weight is 358 g/mol. The first-order valence-corrected chi connectivity index (χ1v) is 11.3. The van der Waals surface area contributed by atoms with Crippen molar-refractivity contribution in [1.29, 1.82) is 0 Å². The van der Waals surface area contributed by atoms with Crippen LogP contribution in [0.15, 0.2) is 0 Å². The van der Waals surface area contributed by atoms with Crippen LogP contribution in [0.5, 0.6) is 0 Å². The molecule has 0 saturated heterocycles. The molecular weight excluding hydrogens is 326 g/mol. The van der Waals surface area contributed by atoms with Gasteiger partial charge in [-0.2, -0.15) is 0 Å². The molecule has 1 unspecified atom stereocenters. The van der Waals surface area contributed by atoms with Crippen LogP contribution >= 0.6 is 15.2 Å². The predicted molar refractivity (Wildman–Crippen MR) is 89.6 cm³/mol. The third-order valence-electron chi connectivity index (χ3n) is 3.28. The zero-order valence-electron chi connectivity index (χ0n) is 14.7. The minimum absolute atomic E-state index is 0.202. The minimum atomic E-state index is -3.59. The molecule has 6 nitrogen and oxygen atoms in total. The van der Waals surface area contributed by atoms with Crippen molar-refractivity contribution in [2.45, 2.75) is 59.8 Å². The summed E-state index contributed by atoms with van der Waals surface area (Å²) < 4.78 is 48.0. The van der Waals surface area contributed by atoms with Crippen molar-refractivity contribution in [2.75, 3.05) is 26.4 Å². The van der Waals surface area contributed by atoms with E-state index in [0.717, 1.165) is 6.42 Å². The Kier molecular flexibility index (Phi) is 11.1. The van der Waals surface area contributed by atoms with E-state index in [9.17, 15) is 9.13 Å². The Morgan fingerprint density at radius 3 is 1.27 bits per heavy atom. The fraction of sp³-hybridized carbons (Fsp3) is 1.00. The van der Waals surface area contributed by atoms with Gasteiger partial charge in [0, 0.05) is 0 Å². The normalized spacial score (nSPS) is 14.5. The highest BCUT2D eigenvalue weighted by atomic mass is 31.2. The van der Waals surface area contributed by atoms with Crippen molar-refractivity contribution in [3.8, 4) is 0 Å². The summed E-state index contributed by atoms with van der Waals surface area (Å²) in [5, 5.41) is -0.894. The SMILES string of the molecule is CCOP(=O)(OCC)C(CC(C)CC)P(=O)(OCC)OCC. The molecule has 0 spiro atoms. The van der Waals surface area contributed by atoms with Crippen LogP contribution in [0.2, 0.25) is 0 Å². The molecule has 0 bridgehead atoms. The van der Waals surface area contributed by atoms with E-state index in [0.29, 0.717) is 6.42 Å². The van der Waals surface area contributed by atoms with Gasteiger partial charge in [0.15, 0.2) is 5.40 Å². The molecule has 0 rings (SSSR count). The highest BCUT2D eigenvalue weighted by Gasteiger charge is 2.50. The van der Waals surface area contributed by atoms with E-state index in [4.69, 9.17) is 18.1 Å². The Balaban J connectivity index is 5.74. The highest BCUT2D eigenvalue weighted by molar-refractivity contribution is 7.72. The summed E-state index contributed by atoms with van der Waals surface area (Å²) in [5.74, 6) is 0.202. The molecule has 0 aliphatic carbocycles. The molecule has 0 aliphatic rings. The molecule has 0 heterocycles. The lowest BCUT2D eigenvalue weighted by molar-refractivity contribution is 0.190. The van der Waals surface area contributed by atoms with E-state index in [1.165, 1.54) is 0 Å². The molecule has 0 amide bonds. The second-order valence-electron chi connectivity index (χ2n) is 4.98. The summed E-state index contributed by atoms with van der Waals surface area (Å²) in [6.45, 7) is 11.8. The van der Waals surface area contributed by atoms with Crippen LogP contribution in [-0.4, -0.2) is 31.8 Å². The van der Waals surface area contributed by atoms with E-state index >= 15 is 0 Å². The standard InChI is InChI=1S/C14H32O6P2/c1-7-13(6)12-14(21(15,17-8-2)18-9-3)22(16,19-10-4)20-11-5/h13-14H,7-12H2,1-6H3. The van der Waals surface area contributed by atoms with E-state index in [2.05, 4.69) is 0 Å². The second-order valence-corrected chi connectivity index (χ2v) is 9.83. The largest absolute Gasteiger partial charge is 0.345 e. The van der Waals surface area contributed by atoms with Crippen molar-refractivity contribution in [3.63, 3.8) is 0 Å². The second kappa shape index (κ2) is 11.0. The van der Waals surface area contributed by atoms with Gasteiger partial charge in [-0.15, -0.1) is 0 Å². The van der Waals surface area contributed by atoms with Gasteiger partial charge in [0.25, 0.3) is 0 Å². The van der Waals surface area contributed by atoms with Gasteiger partial charge in [0.05, 0.1) is 26.4 Å². The van der Waals surface area contributed by atoms with Gasteiger partial charge < -0.3 is 18.1 Å². The highest BCUT2D eigenvalue weighted by Crippen LogP contribution is 2.72. The molecule has 134 valence electrons. The Labute approximate surface area is 135 Å². The van der Waals surface area contributed by atoms with Gasteiger partial charge in [-0.1, -0.05) is 20.3 Å². The zero-order chi connectivity index (χ0) is 17.2. The van der Waals surface area contributed by atoms with Crippen molar-refractivity contribution in [3.05, 3.63) is 0 Å². The first kappa shape index (κ1) is 22.3. The molecule has 1 atom stereocenters. The van der Waals surface area contributed by atoms with Crippen molar-refractivity contribution >= 4 is 15.2 Å². The maximum atomic E-state index is 13.2. The van der Waals surface area contributed by atoms with Gasteiger partial charge in [0.2, 0.25) is 0 Å². The zero-order valence-corrected chi connectivity index (χ0v) is 16.5. The van der Waals surface area contributed by atoms with Crippen molar-refractivity contribution < 1.29 is 27.2 Å². The molecule has 22 heavy (non-hydrogen) atoms. The fourth-order valence-electron chi connectivity index (χ4n) is 2.10. The lowest BCUT2D eigenvalue weighted by Crippen LogP contribution is -2.20. The summed E-state index contributed by atoms with van der Waals surface area (Å²) in [7, 11) is -7.18. The van der Waals surface area contributed by atoms with Crippen LogP contribution in [0.1, 0.15) is 54.4 Å². The summed E-state index contributed by atoms with van der Waals surface area (Å²) in [6, 6.07) is 0. The lowest BCUT2D eigenvalue weighted by Gasteiger charge is -2.32. The fourth-order valence-corrected chi connectivity index (χ4v) is 7.80. The predicted octanol–water partition coefficient (Wildman–Crippen LogP) is 5.28. The first-order chi connectivity index (χ1) is 10.3. The number of rotatable bonds is 13. The maximum absolute atomic E-state index is 13.2. The molecule has 8 heteroatoms. The first-order valence-electron chi connectivity index (χ1n) is 8.10. The molecule has 0 fully saturated rings. The van der Waals surface area contributed by atoms with Crippen LogP contribution < -0.4 is 0 Å².